The number of rotatable bonds is 6. The molecule has 2 fully saturated rings. The summed E-state index contributed by atoms with van der Waals surface area (Å²) in [6, 6.07) is 13.1. The van der Waals surface area contributed by atoms with Crippen molar-refractivity contribution < 1.29 is 24.3 Å². The number of likely N-dealkylation sites (tertiary alicyclic amines) is 1. The summed E-state index contributed by atoms with van der Waals surface area (Å²) in [4.78, 5) is 15.5. The first-order valence-electron chi connectivity index (χ1n) is 12.8. The highest BCUT2D eigenvalue weighted by Crippen LogP contribution is 2.43. The smallest absolute Gasteiger partial charge is 0.273 e. The number of piperidine rings is 1. The van der Waals surface area contributed by atoms with Crippen molar-refractivity contribution in [3.8, 4) is 40.4 Å². The number of phenolic OH excluding ortho intramolecular Hbond substituents is 2. The predicted molar refractivity (Wildman–Crippen MR) is 135 cm³/mol. The van der Waals surface area contributed by atoms with E-state index in [0.717, 1.165) is 32.0 Å². The standard InChI is InChI=1S/C28H30N4O5/c29-17-18-6-8-22(9-7-18)36-25-15-21(33)14-24(34)27(25)26-16-23(31-37-26)28(35)30-19-10-12-32(13-11-19)20-4-2-1-3-5-20/h6-9,14-16,19-20,33-34H,1-5,10-13H2,(H,30,35). The van der Waals surface area contributed by atoms with Gasteiger partial charge in [0.25, 0.3) is 5.91 Å². The van der Waals surface area contributed by atoms with Crippen LogP contribution in [0, 0.1) is 11.3 Å². The Bertz CT molecular complexity index is 1280. The number of aromatic nitrogens is 1. The number of carbonyl (C=O) groups excluding carboxylic acids is 1. The van der Waals surface area contributed by atoms with Crippen LogP contribution in [0.1, 0.15) is 61.0 Å². The first kappa shape index (κ1) is 24.7. The van der Waals surface area contributed by atoms with Gasteiger partial charge in [0, 0.05) is 43.4 Å². The van der Waals surface area contributed by atoms with Gasteiger partial charge in [-0.3, -0.25) is 4.79 Å². The van der Waals surface area contributed by atoms with Crippen LogP contribution in [0.2, 0.25) is 0 Å². The molecule has 5 rings (SSSR count). The van der Waals surface area contributed by atoms with Crippen molar-refractivity contribution >= 4 is 5.91 Å². The van der Waals surface area contributed by atoms with Gasteiger partial charge in [-0.2, -0.15) is 5.26 Å². The van der Waals surface area contributed by atoms with Crippen LogP contribution in [0.5, 0.6) is 23.0 Å². The van der Waals surface area contributed by atoms with Crippen LogP contribution in [-0.4, -0.2) is 51.4 Å². The van der Waals surface area contributed by atoms with E-state index in [1.54, 1.807) is 24.3 Å². The van der Waals surface area contributed by atoms with Crippen molar-refractivity contribution in [2.75, 3.05) is 13.1 Å². The Kier molecular flexibility index (Phi) is 7.28. The number of phenols is 2. The third-order valence-corrected chi connectivity index (χ3v) is 7.22. The zero-order valence-corrected chi connectivity index (χ0v) is 20.5. The Hall–Kier alpha value is -4.03. The minimum atomic E-state index is -0.334. The molecule has 2 aromatic carbocycles. The highest BCUT2D eigenvalue weighted by atomic mass is 16.5. The Morgan fingerprint density at radius 1 is 1.05 bits per heavy atom. The average molecular weight is 503 g/mol. The largest absolute Gasteiger partial charge is 0.508 e. The molecule has 1 aliphatic heterocycles. The fourth-order valence-corrected chi connectivity index (χ4v) is 5.25. The molecule has 1 aromatic heterocycles. The van der Waals surface area contributed by atoms with E-state index in [2.05, 4.69) is 15.4 Å². The zero-order valence-electron chi connectivity index (χ0n) is 20.5. The molecule has 0 radical (unpaired) electrons. The van der Waals surface area contributed by atoms with Crippen LogP contribution in [0.25, 0.3) is 11.3 Å². The van der Waals surface area contributed by atoms with Gasteiger partial charge in [0.1, 0.15) is 28.6 Å². The minimum Gasteiger partial charge on any atom is -0.508 e. The van der Waals surface area contributed by atoms with Crippen molar-refractivity contribution in [2.45, 2.75) is 57.0 Å². The van der Waals surface area contributed by atoms with E-state index in [4.69, 9.17) is 14.5 Å². The normalized spacial score (nSPS) is 17.3. The molecule has 9 nitrogen and oxygen atoms in total. The summed E-state index contributed by atoms with van der Waals surface area (Å²) in [6.07, 6.45) is 8.31. The maximum Gasteiger partial charge on any atom is 0.273 e. The molecule has 0 bridgehead atoms. The molecule has 2 heterocycles. The summed E-state index contributed by atoms with van der Waals surface area (Å²) in [5.41, 5.74) is 0.716. The lowest BCUT2D eigenvalue weighted by Gasteiger charge is -2.39. The van der Waals surface area contributed by atoms with Crippen molar-refractivity contribution in [2.24, 2.45) is 0 Å². The van der Waals surface area contributed by atoms with Crippen molar-refractivity contribution in [1.82, 2.24) is 15.4 Å². The molecule has 0 unspecified atom stereocenters. The van der Waals surface area contributed by atoms with Gasteiger partial charge in [-0.15, -0.1) is 0 Å². The van der Waals surface area contributed by atoms with Gasteiger partial charge in [-0.25, -0.2) is 0 Å². The van der Waals surface area contributed by atoms with Gasteiger partial charge >= 0.3 is 0 Å². The lowest BCUT2D eigenvalue weighted by Crippen LogP contribution is -2.48. The Labute approximate surface area is 215 Å². The summed E-state index contributed by atoms with van der Waals surface area (Å²) >= 11 is 0. The SMILES string of the molecule is N#Cc1ccc(Oc2cc(O)cc(O)c2-c2cc(C(=O)NC3CCN(C4CCCCC4)CC3)no2)cc1. The number of nitriles is 1. The lowest BCUT2D eigenvalue weighted by molar-refractivity contribution is 0.0857. The van der Waals surface area contributed by atoms with Crippen LogP contribution >= 0.6 is 0 Å². The number of amides is 1. The summed E-state index contributed by atoms with van der Waals surface area (Å²) in [7, 11) is 0. The van der Waals surface area contributed by atoms with Gasteiger partial charge in [-0.1, -0.05) is 24.4 Å². The number of carbonyl (C=O) groups is 1. The van der Waals surface area contributed by atoms with Gasteiger partial charge in [0.2, 0.25) is 0 Å². The minimum absolute atomic E-state index is 0.0739. The summed E-state index contributed by atoms with van der Waals surface area (Å²) in [5.74, 6) is -0.205. The molecule has 3 N–H and O–H groups in total. The van der Waals surface area contributed by atoms with Crippen molar-refractivity contribution in [3.63, 3.8) is 0 Å². The number of ether oxygens (including phenoxy) is 1. The van der Waals surface area contributed by atoms with Gasteiger partial charge in [0.05, 0.1) is 11.6 Å². The van der Waals surface area contributed by atoms with Gasteiger partial charge < -0.3 is 29.7 Å². The number of hydrogen-bond acceptors (Lipinski definition) is 8. The van der Waals surface area contributed by atoms with Crippen molar-refractivity contribution in [3.05, 3.63) is 53.7 Å². The van der Waals surface area contributed by atoms with Gasteiger partial charge in [-0.05, 0) is 49.9 Å². The highest BCUT2D eigenvalue weighted by molar-refractivity contribution is 5.93. The maximum absolute atomic E-state index is 12.9. The second-order valence-electron chi connectivity index (χ2n) is 9.73. The molecular formula is C28H30N4O5. The van der Waals surface area contributed by atoms with E-state index >= 15 is 0 Å². The van der Waals surface area contributed by atoms with Crippen molar-refractivity contribution in [1.29, 1.82) is 5.26 Å². The average Bonchev–Trinajstić information content (AvgIpc) is 3.40. The third-order valence-electron chi connectivity index (χ3n) is 7.22. The fourth-order valence-electron chi connectivity index (χ4n) is 5.25. The third kappa shape index (κ3) is 5.70. The maximum atomic E-state index is 12.9. The van der Waals surface area contributed by atoms with E-state index in [0.29, 0.717) is 17.4 Å². The second-order valence-corrected chi connectivity index (χ2v) is 9.73. The topological polar surface area (TPSA) is 132 Å². The van der Waals surface area contributed by atoms with Crippen LogP contribution in [-0.2, 0) is 0 Å². The molecule has 37 heavy (non-hydrogen) atoms. The number of nitrogens with one attached hydrogen (secondary N) is 1. The molecule has 9 heteroatoms. The Morgan fingerprint density at radius 3 is 2.49 bits per heavy atom. The number of nitrogens with zero attached hydrogens (tertiary/aromatic N) is 3. The van der Waals surface area contributed by atoms with E-state index in [-0.39, 0.29) is 46.2 Å². The van der Waals surface area contributed by atoms with E-state index in [1.807, 2.05) is 6.07 Å². The van der Waals surface area contributed by atoms with Crippen LogP contribution < -0.4 is 10.1 Å². The fraction of sp³-hybridized carbons (Fsp3) is 0.393. The molecule has 1 amide bonds. The first-order valence-corrected chi connectivity index (χ1v) is 12.8. The van der Waals surface area contributed by atoms with Crippen LogP contribution in [0.4, 0.5) is 0 Å². The highest BCUT2D eigenvalue weighted by Gasteiger charge is 2.28. The van der Waals surface area contributed by atoms with E-state index < -0.39 is 0 Å². The number of benzene rings is 2. The van der Waals surface area contributed by atoms with Crippen LogP contribution in [0.3, 0.4) is 0 Å². The molecule has 192 valence electrons. The molecular weight excluding hydrogens is 472 g/mol. The Balaban J connectivity index is 1.26. The molecule has 0 atom stereocenters. The van der Waals surface area contributed by atoms with E-state index in [1.165, 1.54) is 44.2 Å². The predicted octanol–water partition coefficient (Wildman–Crippen LogP) is 4.94. The number of aromatic hydroxyl groups is 2. The zero-order chi connectivity index (χ0) is 25.8. The molecule has 0 spiro atoms. The molecule has 1 aliphatic carbocycles. The quantitative estimate of drug-likeness (QED) is 0.432. The molecule has 1 saturated heterocycles. The summed E-state index contributed by atoms with van der Waals surface area (Å²) in [6.45, 7) is 1.97. The first-order chi connectivity index (χ1) is 18.0. The molecule has 3 aromatic rings. The summed E-state index contributed by atoms with van der Waals surface area (Å²) < 4.78 is 11.3. The van der Waals surface area contributed by atoms with E-state index in [9.17, 15) is 15.0 Å². The monoisotopic (exact) mass is 502 g/mol. The second kappa shape index (κ2) is 10.9. The van der Waals surface area contributed by atoms with Crippen LogP contribution in [0.15, 0.2) is 47.0 Å². The number of hydrogen-bond donors (Lipinski definition) is 3. The Morgan fingerprint density at radius 2 is 1.78 bits per heavy atom. The molecule has 2 aliphatic rings. The lowest BCUT2D eigenvalue weighted by atomic mass is 9.92. The summed E-state index contributed by atoms with van der Waals surface area (Å²) in [5, 5.41) is 36.5. The van der Waals surface area contributed by atoms with Gasteiger partial charge in [0.15, 0.2) is 11.5 Å². The molecule has 1 saturated carbocycles.